The lowest BCUT2D eigenvalue weighted by Gasteiger charge is -2.49. The molecular weight excluding hydrogens is 234 g/mol. The van der Waals surface area contributed by atoms with Crippen molar-refractivity contribution in [3.63, 3.8) is 0 Å². The molecule has 1 aromatic rings. The molecule has 0 bridgehead atoms. The molecule has 0 spiro atoms. The Bertz CT molecular complexity index is 436. The van der Waals surface area contributed by atoms with Crippen LogP contribution in [0.25, 0.3) is 0 Å². The van der Waals surface area contributed by atoms with Gasteiger partial charge in [0.1, 0.15) is 0 Å². The SMILES string of the molecule is Cc1cc(N(C)CC2(N(C)C)CCC2)ccc1CN. The Balaban J connectivity index is 2.11. The minimum Gasteiger partial charge on any atom is -0.373 e. The third-order valence-electron chi connectivity index (χ3n) is 4.75. The molecular formula is C16H27N3. The molecule has 0 saturated heterocycles. The summed E-state index contributed by atoms with van der Waals surface area (Å²) in [5.41, 5.74) is 9.92. The van der Waals surface area contributed by atoms with Gasteiger partial charge in [-0.25, -0.2) is 0 Å². The normalized spacial score (nSPS) is 17.4. The Morgan fingerprint density at radius 3 is 2.32 bits per heavy atom. The van der Waals surface area contributed by atoms with Crippen molar-refractivity contribution < 1.29 is 0 Å². The van der Waals surface area contributed by atoms with Crippen LogP contribution in [0.2, 0.25) is 0 Å². The van der Waals surface area contributed by atoms with Crippen LogP contribution in [0.5, 0.6) is 0 Å². The topological polar surface area (TPSA) is 32.5 Å². The summed E-state index contributed by atoms with van der Waals surface area (Å²) in [6, 6.07) is 6.60. The van der Waals surface area contributed by atoms with Crippen LogP contribution in [0.4, 0.5) is 5.69 Å². The van der Waals surface area contributed by atoms with E-state index >= 15 is 0 Å². The van der Waals surface area contributed by atoms with E-state index in [1.807, 2.05) is 0 Å². The molecule has 2 rings (SSSR count). The van der Waals surface area contributed by atoms with E-state index in [4.69, 9.17) is 5.73 Å². The summed E-state index contributed by atoms with van der Waals surface area (Å²) < 4.78 is 0. The van der Waals surface area contributed by atoms with Gasteiger partial charge in [-0.2, -0.15) is 0 Å². The van der Waals surface area contributed by atoms with Gasteiger partial charge in [-0.05, 0) is 63.5 Å². The van der Waals surface area contributed by atoms with Crippen molar-refractivity contribution in [2.75, 3.05) is 32.6 Å². The van der Waals surface area contributed by atoms with Gasteiger partial charge in [0.25, 0.3) is 0 Å². The third-order valence-corrected chi connectivity index (χ3v) is 4.75. The molecule has 0 radical (unpaired) electrons. The van der Waals surface area contributed by atoms with Gasteiger partial charge in [0.2, 0.25) is 0 Å². The first-order valence-electron chi connectivity index (χ1n) is 7.17. The molecule has 0 atom stereocenters. The fraction of sp³-hybridized carbons (Fsp3) is 0.625. The Morgan fingerprint density at radius 1 is 1.21 bits per heavy atom. The number of likely N-dealkylation sites (N-methyl/N-ethyl adjacent to an activating group) is 2. The lowest BCUT2D eigenvalue weighted by atomic mass is 9.75. The van der Waals surface area contributed by atoms with Crippen molar-refractivity contribution in [1.29, 1.82) is 0 Å². The van der Waals surface area contributed by atoms with Crippen molar-refractivity contribution in [3.05, 3.63) is 29.3 Å². The van der Waals surface area contributed by atoms with E-state index < -0.39 is 0 Å². The van der Waals surface area contributed by atoms with Crippen molar-refractivity contribution in [1.82, 2.24) is 4.90 Å². The standard InChI is InChI=1S/C16H27N3/c1-13-10-15(7-6-14(13)11-17)19(4)12-16(18(2)3)8-5-9-16/h6-7,10H,5,8-9,11-12,17H2,1-4H3. The van der Waals surface area contributed by atoms with E-state index in [2.05, 4.69) is 56.1 Å². The third kappa shape index (κ3) is 2.77. The van der Waals surface area contributed by atoms with E-state index in [0.717, 1.165) is 6.54 Å². The number of rotatable bonds is 5. The second-order valence-corrected chi connectivity index (χ2v) is 6.14. The summed E-state index contributed by atoms with van der Waals surface area (Å²) in [6.07, 6.45) is 3.98. The van der Waals surface area contributed by atoms with Crippen molar-refractivity contribution >= 4 is 5.69 Å². The molecule has 0 amide bonds. The highest BCUT2D eigenvalue weighted by Gasteiger charge is 2.39. The van der Waals surface area contributed by atoms with Crippen LogP contribution in [0.15, 0.2) is 18.2 Å². The highest BCUT2D eigenvalue weighted by atomic mass is 15.2. The summed E-state index contributed by atoms with van der Waals surface area (Å²) in [6.45, 7) is 3.86. The summed E-state index contributed by atoms with van der Waals surface area (Å²) in [7, 11) is 6.60. The lowest BCUT2D eigenvalue weighted by Crippen LogP contribution is -2.56. The first-order chi connectivity index (χ1) is 8.98. The molecule has 3 heteroatoms. The zero-order valence-corrected chi connectivity index (χ0v) is 12.7. The molecule has 2 N–H and O–H groups in total. The highest BCUT2D eigenvalue weighted by molar-refractivity contribution is 5.50. The van der Waals surface area contributed by atoms with Crippen LogP contribution in [0, 0.1) is 6.92 Å². The van der Waals surface area contributed by atoms with Gasteiger partial charge >= 0.3 is 0 Å². The van der Waals surface area contributed by atoms with Gasteiger partial charge in [0, 0.05) is 31.4 Å². The smallest absolute Gasteiger partial charge is 0.0378 e. The van der Waals surface area contributed by atoms with Crippen LogP contribution >= 0.6 is 0 Å². The Hall–Kier alpha value is -1.06. The second-order valence-electron chi connectivity index (χ2n) is 6.14. The molecule has 0 unspecified atom stereocenters. The molecule has 19 heavy (non-hydrogen) atoms. The molecule has 1 saturated carbocycles. The number of nitrogens with two attached hydrogens (primary N) is 1. The molecule has 1 aliphatic rings. The second kappa shape index (κ2) is 5.51. The molecule has 0 aromatic heterocycles. The Kier molecular flexibility index (Phi) is 4.16. The fourth-order valence-corrected chi connectivity index (χ4v) is 3.01. The fourth-order valence-electron chi connectivity index (χ4n) is 3.01. The van der Waals surface area contributed by atoms with Crippen LogP contribution in [0.1, 0.15) is 30.4 Å². The molecule has 0 aliphatic heterocycles. The van der Waals surface area contributed by atoms with Gasteiger partial charge in [0.05, 0.1) is 0 Å². The Morgan fingerprint density at radius 2 is 1.89 bits per heavy atom. The van der Waals surface area contributed by atoms with Gasteiger partial charge in [-0.1, -0.05) is 6.07 Å². The highest BCUT2D eigenvalue weighted by Crippen LogP contribution is 2.37. The summed E-state index contributed by atoms with van der Waals surface area (Å²) in [4.78, 5) is 4.78. The molecule has 1 fully saturated rings. The predicted molar refractivity (Wildman–Crippen MR) is 82.6 cm³/mol. The molecule has 106 valence electrons. The van der Waals surface area contributed by atoms with Gasteiger partial charge < -0.3 is 15.5 Å². The van der Waals surface area contributed by atoms with E-state index in [9.17, 15) is 0 Å². The van der Waals surface area contributed by atoms with E-state index in [1.165, 1.54) is 36.1 Å². The predicted octanol–water partition coefficient (Wildman–Crippen LogP) is 2.37. The minimum atomic E-state index is 0.370. The number of anilines is 1. The molecule has 1 aliphatic carbocycles. The lowest BCUT2D eigenvalue weighted by molar-refractivity contribution is 0.0683. The van der Waals surface area contributed by atoms with Gasteiger partial charge in [-0.3, -0.25) is 0 Å². The Labute approximate surface area is 117 Å². The number of hydrogen-bond donors (Lipinski definition) is 1. The van der Waals surface area contributed by atoms with Gasteiger partial charge in [0.15, 0.2) is 0 Å². The summed E-state index contributed by atoms with van der Waals surface area (Å²) in [5, 5.41) is 0. The summed E-state index contributed by atoms with van der Waals surface area (Å²) in [5.74, 6) is 0. The number of aryl methyl sites for hydroxylation is 1. The summed E-state index contributed by atoms with van der Waals surface area (Å²) >= 11 is 0. The average Bonchev–Trinajstić information content (AvgIpc) is 2.32. The molecule has 3 nitrogen and oxygen atoms in total. The number of benzene rings is 1. The first-order valence-corrected chi connectivity index (χ1v) is 7.17. The van der Waals surface area contributed by atoms with E-state index in [1.54, 1.807) is 0 Å². The number of nitrogens with zero attached hydrogens (tertiary/aromatic N) is 2. The molecule has 0 heterocycles. The molecule has 1 aromatic carbocycles. The van der Waals surface area contributed by atoms with Crippen LogP contribution in [-0.4, -0.2) is 38.1 Å². The maximum Gasteiger partial charge on any atom is 0.0378 e. The average molecular weight is 261 g/mol. The van der Waals surface area contributed by atoms with Crippen molar-refractivity contribution in [2.45, 2.75) is 38.3 Å². The van der Waals surface area contributed by atoms with Gasteiger partial charge in [-0.15, -0.1) is 0 Å². The maximum atomic E-state index is 5.73. The quantitative estimate of drug-likeness (QED) is 0.883. The largest absolute Gasteiger partial charge is 0.373 e. The zero-order chi connectivity index (χ0) is 14.0. The monoisotopic (exact) mass is 261 g/mol. The number of hydrogen-bond acceptors (Lipinski definition) is 3. The van der Waals surface area contributed by atoms with Crippen LogP contribution in [0.3, 0.4) is 0 Å². The maximum absolute atomic E-state index is 5.73. The minimum absolute atomic E-state index is 0.370. The van der Waals surface area contributed by atoms with Crippen LogP contribution in [-0.2, 0) is 6.54 Å². The van der Waals surface area contributed by atoms with Crippen LogP contribution < -0.4 is 10.6 Å². The van der Waals surface area contributed by atoms with E-state index in [-0.39, 0.29) is 0 Å². The van der Waals surface area contributed by atoms with Crippen molar-refractivity contribution in [2.24, 2.45) is 5.73 Å². The van der Waals surface area contributed by atoms with Crippen molar-refractivity contribution in [3.8, 4) is 0 Å². The first kappa shape index (κ1) is 14.4. The van der Waals surface area contributed by atoms with E-state index in [0.29, 0.717) is 12.1 Å². The zero-order valence-electron chi connectivity index (χ0n) is 12.7.